The van der Waals surface area contributed by atoms with Crippen molar-refractivity contribution in [3.05, 3.63) is 29.8 Å². The third-order valence-electron chi connectivity index (χ3n) is 4.21. The molecule has 1 fully saturated rings. The molecule has 1 saturated carbocycles. The number of ether oxygens (including phenoxy) is 2. The summed E-state index contributed by atoms with van der Waals surface area (Å²) in [6, 6.07) is 7.28. The summed E-state index contributed by atoms with van der Waals surface area (Å²) in [6.45, 7) is 3.45. The minimum atomic E-state index is 0.0767. The molecule has 1 aliphatic carbocycles. The average Bonchev–Trinajstić information content (AvgIpc) is 2.52. The molecule has 4 nitrogen and oxygen atoms in total. The van der Waals surface area contributed by atoms with Crippen molar-refractivity contribution in [1.82, 2.24) is 0 Å². The summed E-state index contributed by atoms with van der Waals surface area (Å²) in [5.41, 5.74) is 6.13. The molecule has 2 rings (SSSR count). The highest BCUT2D eigenvalue weighted by Gasteiger charge is 2.23. The van der Waals surface area contributed by atoms with Gasteiger partial charge in [0.25, 0.3) is 0 Å². The van der Waals surface area contributed by atoms with Crippen LogP contribution in [-0.4, -0.2) is 25.2 Å². The van der Waals surface area contributed by atoms with Crippen LogP contribution in [0.15, 0.2) is 24.3 Å². The van der Waals surface area contributed by atoms with Crippen LogP contribution in [0.3, 0.4) is 0 Å². The molecule has 0 amide bonds. The van der Waals surface area contributed by atoms with E-state index in [-0.39, 0.29) is 5.84 Å². The predicted molar refractivity (Wildman–Crippen MR) is 84.9 cm³/mol. The van der Waals surface area contributed by atoms with Gasteiger partial charge in [0.05, 0.1) is 12.7 Å². The molecule has 0 spiro atoms. The molecule has 2 atom stereocenters. The van der Waals surface area contributed by atoms with E-state index in [1.807, 2.05) is 12.1 Å². The minimum Gasteiger partial charge on any atom is -0.491 e. The molecule has 0 radical (unpaired) electrons. The minimum absolute atomic E-state index is 0.0767. The molecule has 4 heteroatoms. The Balaban J connectivity index is 1.70. The van der Waals surface area contributed by atoms with Crippen LogP contribution in [0, 0.1) is 11.3 Å². The Morgan fingerprint density at radius 2 is 1.90 bits per heavy atom. The molecule has 0 saturated heterocycles. The number of nitrogens with one attached hydrogen (secondary N) is 1. The molecule has 0 aliphatic heterocycles. The molecule has 0 heterocycles. The monoisotopic (exact) mass is 290 g/mol. The lowest BCUT2D eigenvalue weighted by atomic mass is 9.85. The summed E-state index contributed by atoms with van der Waals surface area (Å²) < 4.78 is 11.7. The van der Waals surface area contributed by atoms with Gasteiger partial charge in [-0.2, -0.15) is 0 Å². The van der Waals surface area contributed by atoms with Crippen molar-refractivity contribution in [2.45, 2.75) is 45.1 Å². The lowest BCUT2D eigenvalue weighted by Gasteiger charge is -2.30. The Labute approximate surface area is 127 Å². The molecular formula is C17H26N2O2. The van der Waals surface area contributed by atoms with Gasteiger partial charge in [-0.1, -0.05) is 26.2 Å². The Morgan fingerprint density at radius 3 is 2.57 bits per heavy atom. The molecule has 1 aliphatic rings. The first-order chi connectivity index (χ1) is 10.2. The van der Waals surface area contributed by atoms with Crippen LogP contribution in [-0.2, 0) is 4.74 Å². The highest BCUT2D eigenvalue weighted by atomic mass is 16.5. The number of benzene rings is 1. The number of rotatable bonds is 7. The second-order valence-electron chi connectivity index (χ2n) is 5.65. The quantitative estimate of drug-likeness (QED) is 0.460. The van der Waals surface area contributed by atoms with Gasteiger partial charge in [-0.25, -0.2) is 0 Å². The number of hydrogen-bond donors (Lipinski definition) is 2. The molecule has 116 valence electrons. The second-order valence-corrected chi connectivity index (χ2v) is 5.65. The topological polar surface area (TPSA) is 68.3 Å². The van der Waals surface area contributed by atoms with Crippen LogP contribution < -0.4 is 10.5 Å². The van der Waals surface area contributed by atoms with Gasteiger partial charge < -0.3 is 15.2 Å². The van der Waals surface area contributed by atoms with E-state index < -0.39 is 0 Å². The first-order valence-corrected chi connectivity index (χ1v) is 7.89. The largest absolute Gasteiger partial charge is 0.491 e. The van der Waals surface area contributed by atoms with E-state index >= 15 is 0 Å². The fourth-order valence-electron chi connectivity index (χ4n) is 2.95. The Morgan fingerprint density at radius 1 is 1.19 bits per heavy atom. The second kappa shape index (κ2) is 8.03. The summed E-state index contributed by atoms with van der Waals surface area (Å²) in [5.74, 6) is 1.58. The van der Waals surface area contributed by atoms with Crippen LogP contribution in [0.25, 0.3) is 0 Å². The van der Waals surface area contributed by atoms with Crippen LogP contribution in [0.2, 0.25) is 0 Å². The van der Waals surface area contributed by atoms with Crippen LogP contribution in [0.4, 0.5) is 0 Å². The van der Waals surface area contributed by atoms with Crippen molar-refractivity contribution in [2.75, 3.05) is 13.2 Å². The third-order valence-corrected chi connectivity index (χ3v) is 4.21. The van der Waals surface area contributed by atoms with Gasteiger partial charge in [0.1, 0.15) is 18.2 Å². The Kier molecular flexibility index (Phi) is 6.05. The van der Waals surface area contributed by atoms with Gasteiger partial charge in [-0.05, 0) is 43.0 Å². The molecule has 2 unspecified atom stereocenters. The van der Waals surface area contributed by atoms with Gasteiger partial charge in [0, 0.05) is 5.56 Å². The van der Waals surface area contributed by atoms with Crippen LogP contribution in [0.1, 0.15) is 44.6 Å². The molecule has 21 heavy (non-hydrogen) atoms. The van der Waals surface area contributed by atoms with E-state index in [1.165, 1.54) is 32.1 Å². The number of amidine groups is 1. The maximum absolute atomic E-state index is 7.34. The smallest absolute Gasteiger partial charge is 0.122 e. The molecule has 0 bridgehead atoms. The maximum atomic E-state index is 7.34. The number of nitrogens with two attached hydrogens (primary N) is 1. The van der Waals surface area contributed by atoms with Crippen LogP contribution in [0.5, 0.6) is 5.75 Å². The zero-order valence-electron chi connectivity index (χ0n) is 12.8. The molecular weight excluding hydrogens is 264 g/mol. The van der Waals surface area contributed by atoms with E-state index in [0.29, 0.717) is 30.8 Å². The highest BCUT2D eigenvalue weighted by molar-refractivity contribution is 5.94. The van der Waals surface area contributed by atoms with E-state index in [1.54, 1.807) is 12.1 Å². The molecule has 1 aromatic rings. The fraction of sp³-hybridized carbons (Fsp3) is 0.588. The lowest BCUT2D eigenvalue weighted by Crippen LogP contribution is -2.28. The Hall–Kier alpha value is -1.55. The van der Waals surface area contributed by atoms with Gasteiger partial charge in [0.15, 0.2) is 0 Å². The summed E-state index contributed by atoms with van der Waals surface area (Å²) in [5, 5.41) is 7.34. The summed E-state index contributed by atoms with van der Waals surface area (Å²) >= 11 is 0. The van der Waals surface area contributed by atoms with Crippen molar-refractivity contribution >= 4 is 5.84 Å². The standard InChI is InChI=1S/C17H26N2O2/c1-2-13-5-3-4-6-16(13)21-12-11-20-15-9-7-14(8-10-15)17(18)19/h7-10,13,16H,2-6,11-12H2,1H3,(H3,18,19). The third kappa shape index (κ3) is 4.74. The van der Waals surface area contributed by atoms with Gasteiger partial charge in [-0.15, -0.1) is 0 Å². The van der Waals surface area contributed by atoms with E-state index in [0.717, 1.165) is 5.75 Å². The predicted octanol–water partition coefficient (Wildman–Crippen LogP) is 3.33. The van der Waals surface area contributed by atoms with Crippen LogP contribution >= 0.6 is 0 Å². The number of nitrogen functional groups attached to an aromatic ring is 1. The molecule has 0 aromatic heterocycles. The van der Waals surface area contributed by atoms with Crippen molar-refractivity contribution in [2.24, 2.45) is 11.7 Å². The molecule has 3 N–H and O–H groups in total. The van der Waals surface area contributed by atoms with Crippen molar-refractivity contribution in [3.8, 4) is 5.75 Å². The van der Waals surface area contributed by atoms with E-state index in [4.69, 9.17) is 20.6 Å². The van der Waals surface area contributed by atoms with Crippen molar-refractivity contribution in [3.63, 3.8) is 0 Å². The van der Waals surface area contributed by atoms with Gasteiger partial charge in [-0.3, -0.25) is 5.41 Å². The first-order valence-electron chi connectivity index (χ1n) is 7.89. The summed E-state index contributed by atoms with van der Waals surface area (Å²) in [4.78, 5) is 0. The average molecular weight is 290 g/mol. The lowest BCUT2D eigenvalue weighted by molar-refractivity contribution is -0.0228. The summed E-state index contributed by atoms with van der Waals surface area (Å²) in [6.07, 6.45) is 6.73. The first kappa shape index (κ1) is 15.8. The summed E-state index contributed by atoms with van der Waals surface area (Å²) in [7, 11) is 0. The zero-order valence-corrected chi connectivity index (χ0v) is 12.8. The molecule has 1 aromatic carbocycles. The highest BCUT2D eigenvalue weighted by Crippen LogP contribution is 2.29. The van der Waals surface area contributed by atoms with E-state index in [9.17, 15) is 0 Å². The SMILES string of the molecule is CCC1CCCCC1OCCOc1ccc(C(=N)N)cc1. The van der Waals surface area contributed by atoms with Gasteiger partial charge >= 0.3 is 0 Å². The maximum Gasteiger partial charge on any atom is 0.122 e. The Bertz CT molecular complexity index is 445. The van der Waals surface area contributed by atoms with Crippen molar-refractivity contribution < 1.29 is 9.47 Å². The van der Waals surface area contributed by atoms with Gasteiger partial charge in [0.2, 0.25) is 0 Å². The zero-order chi connectivity index (χ0) is 15.1. The number of hydrogen-bond acceptors (Lipinski definition) is 3. The normalized spacial score (nSPS) is 22.0. The fourth-order valence-corrected chi connectivity index (χ4v) is 2.95. The van der Waals surface area contributed by atoms with E-state index in [2.05, 4.69) is 6.92 Å². The van der Waals surface area contributed by atoms with Crippen molar-refractivity contribution in [1.29, 1.82) is 5.41 Å².